The minimum atomic E-state index is -0.558. The van der Waals surface area contributed by atoms with Crippen molar-refractivity contribution in [2.45, 2.75) is 19.4 Å². The molecular formula is C9H16ClNOWY. The normalized spacial score (nSPS) is 13.6. The van der Waals surface area contributed by atoms with E-state index in [1.807, 2.05) is 13.8 Å². The van der Waals surface area contributed by atoms with Gasteiger partial charge in [-0.1, -0.05) is 19.0 Å². The number of hydrogen-bond acceptors (Lipinski definition) is 2. The summed E-state index contributed by atoms with van der Waals surface area (Å²) in [5.41, 5.74) is -0.558. The first-order valence-corrected chi connectivity index (χ1v) is 4.31. The monoisotopic (exact) mass is 462 g/mol. The Morgan fingerprint density at radius 3 is 2.36 bits per heavy atom. The van der Waals surface area contributed by atoms with Crippen LogP contribution >= 0.6 is 11.6 Å². The van der Waals surface area contributed by atoms with Crippen LogP contribution in [-0.4, -0.2) is 23.0 Å². The van der Waals surface area contributed by atoms with Crippen LogP contribution in [0.25, 0.3) is 0 Å². The molecule has 0 bridgehead atoms. The molecule has 0 saturated carbocycles. The van der Waals surface area contributed by atoms with E-state index in [1.54, 1.807) is 4.90 Å². The first-order valence-electron chi connectivity index (χ1n) is 3.78. The van der Waals surface area contributed by atoms with Crippen LogP contribution in [0.15, 0.2) is 12.3 Å². The number of alkyl halides is 1. The van der Waals surface area contributed by atoms with Gasteiger partial charge in [0.05, 0.1) is 12.4 Å². The molecule has 2 nitrogen and oxygen atoms in total. The Balaban J connectivity index is -0.000000605. The number of nitrogens with zero attached hydrogens (tertiary/aromatic N) is 1. The summed E-state index contributed by atoms with van der Waals surface area (Å²) in [5, 5.41) is 0. The maximum absolute atomic E-state index is 5.61. The zero-order valence-electron chi connectivity index (χ0n) is 8.75. The Morgan fingerprint density at radius 2 is 2.07 bits per heavy atom. The van der Waals surface area contributed by atoms with Crippen LogP contribution < -0.4 is 0 Å². The van der Waals surface area contributed by atoms with E-state index in [0.29, 0.717) is 18.4 Å². The predicted molar refractivity (Wildman–Crippen MR) is 52.4 cm³/mol. The summed E-state index contributed by atoms with van der Waals surface area (Å²) < 4.78 is 5.23. The fraction of sp³-hybridized carbons (Fsp3) is 0.556. The summed E-state index contributed by atoms with van der Waals surface area (Å²) in [5.74, 6) is 0.584. The topological polar surface area (TPSA) is 12.5 Å². The summed E-state index contributed by atoms with van der Waals surface area (Å²) >= 11 is 5.61. The summed E-state index contributed by atoms with van der Waals surface area (Å²) in [6, 6.07) is 0.298. The van der Waals surface area contributed by atoms with Crippen molar-refractivity contribution in [2.24, 2.45) is 0 Å². The second-order valence-electron chi connectivity index (χ2n) is 2.79. The predicted octanol–water partition coefficient (Wildman–Crippen LogP) is 2.41. The van der Waals surface area contributed by atoms with Gasteiger partial charge in [0.15, 0.2) is 0 Å². The first kappa shape index (κ1) is 20.9. The van der Waals surface area contributed by atoms with Crippen molar-refractivity contribution in [3.8, 4) is 0 Å². The zero-order valence-corrected chi connectivity index (χ0v) is 15.3. The third-order valence-corrected chi connectivity index (χ3v) is 2.05. The Bertz CT molecular complexity index is 167. The Hall–Kier alpha value is 1.58. The molecule has 0 N–H and O–H groups in total. The van der Waals surface area contributed by atoms with Gasteiger partial charge >= 0.3 is 21.1 Å². The molecule has 0 spiro atoms. The molecule has 79 valence electrons. The van der Waals surface area contributed by atoms with Crippen molar-refractivity contribution in [3.63, 3.8) is 0 Å². The van der Waals surface area contributed by atoms with Crippen molar-refractivity contribution in [1.29, 1.82) is 0 Å². The van der Waals surface area contributed by atoms with Crippen LogP contribution in [0.2, 0.25) is 0 Å². The summed E-state index contributed by atoms with van der Waals surface area (Å²) in [4.78, 5) is 1.62. The van der Waals surface area contributed by atoms with Gasteiger partial charge < -0.3 is 16.6 Å². The van der Waals surface area contributed by atoms with Crippen LogP contribution in [-0.2, 0) is 58.5 Å². The fourth-order valence-corrected chi connectivity index (χ4v) is 0.902. The molecule has 0 rings (SSSR count). The minimum Gasteiger partial charge on any atom is -0.500 e. The number of ether oxygens (including phenoxy) is 1. The average molecular weight is 462 g/mol. The van der Waals surface area contributed by atoms with Gasteiger partial charge in [-0.2, -0.15) is 0 Å². The summed E-state index contributed by atoms with van der Waals surface area (Å²) in [6.07, 6.45) is 0. The average Bonchev–Trinajstić information content (AvgIpc) is 2.03. The van der Waals surface area contributed by atoms with E-state index in [2.05, 4.69) is 20.6 Å². The van der Waals surface area contributed by atoms with Crippen LogP contribution in [0.4, 0.5) is 0 Å². The van der Waals surface area contributed by atoms with Gasteiger partial charge in [0, 0.05) is 38.7 Å². The van der Waals surface area contributed by atoms with Crippen LogP contribution in [0.3, 0.4) is 0 Å². The van der Waals surface area contributed by atoms with Crippen LogP contribution in [0, 0.1) is 14.0 Å². The molecule has 0 saturated heterocycles. The number of halogens is 1. The molecule has 0 aliphatic heterocycles. The van der Waals surface area contributed by atoms with Gasteiger partial charge in [-0.15, -0.1) is 11.6 Å². The third-order valence-electron chi connectivity index (χ3n) is 1.76. The molecule has 0 amide bonds. The summed E-state index contributed by atoms with van der Waals surface area (Å²) in [6.45, 7) is 12.0. The van der Waals surface area contributed by atoms with Gasteiger partial charge in [-0.05, 0) is 6.92 Å². The molecule has 1 unspecified atom stereocenters. The van der Waals surface area contributed by atoms with Gasteiger partial charge in [0.1, 0.15) is 0 Å². The van der Waals surface area contributed by atoms with Crippen molar-refractivity contribution < 1.29 is 58.5 Å². The molecule has 0 aliphatic rings. The van der Waals surface area contributed by atoms with E-state index in [0.717, 1.165) is 0 Å². The number of hydrogen-bond donors (Lipinski definition) is 0. The molecular weight excluding hydrogens is 446 g/mol. The van der Waals surface area contributed by atoms with E-state index in [1.165, 1.54) is 0 Å². The quantitative estimate of drug-likeness (QED) is 0.269. The standard InChI is InChI=1S/C9H16ClNO.W.Y/c1-6-12-8(2)9(3,4)11(5)7-10;;/h2-3,5-7H2,1,4H3;;/q-2;+2;. The van der Waals surface area contributed by atoms with Crippen LogP contribution in [0.5, 0.6) is 0 Å². The fourth-order valence-electron chi connectivity index (χ4n) is 0.638. The molecule has 0 aromatic carbocycles. The molecule has 1 atom stereocenters. The number of rotatable bonds is 5. The first-order chi connectivity index (χ1) is 5.46. The van der Waals surface area contributed by atoms with Gasteiger partial charge in [-0.25, -0.2) is 0 Å². The van der Waals surface area contributed by atoms with E-state index >= 15 is 0 Å². The molecule has 0 aliphatic carbocycles. The summed E-state index contributed by atoms with van der Waals surface area (Å²) in [7, 11) is 3.73. The van der Waals surface area contributed by atoms with Crippen molar-refractivity contribution >= 4 is 11.6 Å². The van der Waals surface area contributed by atoms with Gasteiger partial charge in [-0.3, -0.25) is 7.05 Å². The van der Waals surface area contributed by atoms with Crippen molar-refractivity contribution in [1.82, 2.24) is 4.90 Å². The molecule has 0 heterocycles. The molecule has 0 aromatic rings. The molecule has 0 fully saturated rings. The van der Waals surface area contributed by atoms with E-state index in [9.17, 15) is 0 Å². The Morgan fingerprint density at radius 1 is 1.64 bits per heavy atom. The minimum absolute atomic E-state index is 0. The Kier molecular flexibility index (Phi) is 14.6. The van der Waals surface area contributed by atoms with Crippen LogP contribution in [0.1, 0.15) is 13.8 Å². The second-order valence-corrected chi connectivity index (χ2v) is 3.03. The molecule has 5 heteroatoms. The van der Waals surface area contributed by atoms with Gasteiger partial charge in [0.25, 0.3) is 0 Å². The van der Waals surface area contributed by atoms with Gasteiger partial charge in [0.2, 0.25) is 0 Å². The maximum atomic E-state index is 5.61. The SMILES string of the molecule is C=C(OCC)C([CH2-])(C)N([CH2-])CCl.[W+2].[Y]. The van der Waals surface area contributed by atoms with Crippen molar-refractivity contribution in [2.75, 3.05) is 12.6 Å². The largest absolute Gasteiger partial charge is 2.00 e. The second kappa shape index (κ2) is 9.78. The zero-order chi connectivity index (χ0) is 9.78. The Labute approximate surface area is 132 Å². The van der Waals surface area contributed by atoms with E-state index < -0.39 is 5.54 Å². The smallest absolute Gasteiger partial charge is 0.500 e. The third kappa shape index (κ3) is 6.23. The van der Waals surface area contributed by atoms with E-state index in [4.69, 9.17) is 16.3 Å². The maximum Gasteiger partial charge on any atom is 2.00 e. The van der Waals surface area contributed by atoms with E-state index in [-0.39, 0.29) is 53.8 Å². The molecule has 1 radical (unpaired) electrons. The molecule has 0 aromatic heterocycles. The molecule has 14 heavy (non-hydrogen) atoms. The van der Waals surface area contributed by atoms with Crippen molar-refractivity contribution in [3.05, 3.63) is 26.3 Å².